The summed E-state index contributed by atoms with van der Waals surface area (Å²) in [6, 6.07) is 12.2. The molecule has 5 nitrogen and oxygen atoms in total. The van der Waals surface area contributed by atoms with Gasteiger partial charge >= 0.3 is 12.3 Å². The van der Waals surface area contributed by atoms with E-state index in [0.29, 0.717) is 12.8 Å². The number of fused-ring (bicyclic) bond motifs is 2. The van der Waals surface area contributed by atoms with E-state index in [2.05, 4.69) is 0 Å². The first-order valence-electron chi connectivity index (χ1n) is 11.1. The predicted octanol–water partition coefficient (Wildman–Crippen LogP) is 5.87. The van der Waals surface area contributed by atoms with Crippen molar-refractivity contribution in [3.8, 4) is 5.75 Å². The second-order valence-corrected chi connectivity index (χ2v) is 8.67. The molecular formula is C25H26F3NO4. The molecule has 2 fully saturated rings. The highest BCUT2D eigenvalue weighted by molar-refractivity contribution is 5.98. The molecule has 2 aliphatic rings. The summed E-state index contributed by atoms with van der Waals surface area (Å²) in [6.07, 6.45) is -1.73. The number of piperidine rings is 2. The lowest BCUT2D eigenvalue weighted by Crippen LogP contribution is -2.55. The highest BCUT2D eigenvalue weighted by atomic mass is 19.4. The van der Waals surface area contributed by atoms with Crippen molar-refractivity contribution in [1.82, 2.24) is 4.90 Å². The molecule has 2 unspecified atom stereocenters. The van der Waals surface area contributed by atoms with Gasteiger partial charge in [-0.2, -0.15) is 13.2 Å². The number of hydrogen-bond acceptors (Lipinski definition) is 4. The van der Waals surface area contributed by atoms with E-state index in [-0.39, 0.29) is 35.8 Å². The molecule has 2 heterocycles. The van der Waals surface area contributed by atoms with Crippen molar-refractivity contribution in [2.75, 3.05) is 7.11 Å². The average Bonchev–Trinajstić information content (AvgIpc) is 2.81. The molecule has 2 atom stereocenters. The zero-order valence-corrected chi connectivity index (χ0v) is 18.3. The molecule has 176 valence electrons. The smallest absolute Gasteiger partial charge is 0.416 e. The molecule has 33 heavy (non-hydrogen) atoms. The Kier molecular flexibility index (Phi) is 6.63. The van der Waals surface area contributed by atoms with Gasteiger partial charge in [0, 0.05) is 23.6 Å². The van der Waals surface area contributed by atoms with Crippen LogP contribution in [0, 0.1) is 5.92 Å². The minimum absolute atomic E-state index is 0.00436. The maximum absolute atomic E-state index is 13.3. The van der Waals surface area contributed by atoms with Gasteiger partial charge in [0.2, 0.25) is 0 Å². The number of amides is 1. The number of nitrogens with zero attached hydrogens (tertiary/aromatic N) is 1. The Hall–Kier alpha value is -3.03. The summed E-state index contributed by atoms with van der Waals surface area (Å²) in [4.78, 5) is 27.8. The van der Waals surface area contributed by atoms with Gasteiger partial charge in [-0.15, -0.1) is 0 Å². The Bertz CT molecular complexity index is 994. The summed E-state index contributed by atoms with van der Waals surface area (Å²) in [5, 5.41) is 0. The minimum Gasteiger partial charge on any atom is -0.497 e. The van der Waals surface area contributed by atoms with Gasteiger partial charge in [-0.05, 0) is 55.9 Å². The SMILES string of the molecule is COc1cc(C(=O)C2CC3CCCC(C2)N3C(=O)OCc2ccccc2)cc(C(F)(F)F)c1. The Morgan fingerprint density at radius 2 is 1.70 bits per heavy atom. The highest BCUT2D eigenvalue weighted by Crippen LogP contribution is 2.40. The van der Waals surface area contributed by atoms with Crippen LogP contribution in [0.1, 0.15) is 53.6 Å². The number of ether oxygens (including phenoxy) is 2. The van der Waals surface area contributed by atoms with E-state index in [1.54, 1.807) is 4.90 Å². The Morgan fingerprint density at radius 1 is 1.03 bits per heavy atom. The van der Waals surface area contributed by atoms with E-state index in [9.17, 15) is 22.8 Å². The first-order chi connectivity index (χ1) is 15.8. The molecule has 0 radical (unpaired) electrons. The molecule has 2 aliphatic heterocycles. The molecule has 2 bridgehead atoms. The predicted molar refractivity (Wildman–Crippen MR) is 115 cm³/mol. The molecular weight excluding hydrogens is 435 g/mol. The van der Waals surface area contributed by atoms with Crippen LogP contribution in [0.2, 0.25) is 0 Å². The number of carbonyl (C=O) groups is 2. The monoisotopic (exact) mass is 461 g/mol. The first kappa shape index (κ1) is 23.1. The topological polar surface area (TPSA) is 55.8 Å². The van der Waals surface area contributed by atoms with Gasteiger partial charge in [0.15, 0.2) is 5.78 Å². The summed E-state index contributed by atoms with van der Waals surface area (Å²) < 4.78 is 50.4. The van der Waals surface area contributed by atoms with Crippen LogP contribution in [-0.2, 0) is 17.5 Å². The van der Waals surface area contributed by atoms with Crippen LogP contribution in [0.25, 0.3) is 0 Å². The summed E-state index contributed by atoms with van der Waals surface area (Å²) in [5.74, 6) is -0.796. The number of alkyl halides is 3. The molecule has 0 aromatic heterocycles. The molecule has 8 heteroatoms. The van der Waals surface area contributed by atoms with Crippen LogP contribution in [-0.4, -0.2) is 36.0 Å². The Labute approximate surface area is 190 Å². The van der Waals surface area contributed by atoms with Crippen LogP contribution in [0.4, 0.5) is 18.0 Å². The molecule has 2 saturated heterocycles. The second kappa shape index (κ2) is 9.45. The molecule has 2 aromatic carbocycles. The van der Waals surface area contributed by atoms with Gasteiger partial charge in [-0.1, -0.05) is 30.3 Å². The van der Waals surface area contributed by atoms with Crippen molar-refractivity contribution in [3.63, 3.8) is 0 Å². The number of ketones is 1. The van der Waals surface area contributed by atoms with E-state index in [1.807, 2.05) is 30.3 Å². The van der Waals surface area contributed by atoms with Crippen molar-refractivity contribution >= 4 is 11.9 Å². The summed E-state index contributed by atoms with van der Waals surface area (Å²) >= 11 is 0. The molecule has 2 aromatic rings. The summed E-state index contributed by atoms with van der Waals surface area (Å²) in [6.45, 7) is 0.169. The normalized spacial score (nSPS) is 22.5. The number of halogens is 3. The summed E-state index contributed by atoms with van der Waals surface area (Å²) in [5.41, 5.74) is -0.0308. The lowest BCUT2D eigenvalue weighted by atomic mass is 9.75. The maximum atomic E-state index is 13.3. The number of hydrogen-bond donors (Lipinski definition) is 0. The minimum atomic E-state index is -4.58. The van der Waals surface area contributed by atoms with Gasteiger partial charge in [0.25, 0.3) is 0 Å². The number of carbonyl (C=O) groups excluding carboxylic acids is 2. The van der Waals surface area contributed by atoms with Crippen LogP contribution in [0.15, 0.2) is 48.5 Å². The molecule has 0 spiro atoms. The van der Waals surface area contributed by atoms with Gasteiger partial charge < -0.3 is 14.4 Å². The van der Waals surface area contributed by atoms with Crippen LogP contribution < -0.4 is 4.74 Å². The van der Waals surface area contributed by atoms with Gasteiger partial charge in [0.1, 0.15) is 12.4 Å². The lowest BCUT2D eigenvalue weighted by molar-refractivity contribution is -0.137. The largest absolute Gasteiger partial charge is 0.497 e. The fraction of sp³-hybridized carbons (Fsp3) is 0.440. The molecule has 0 aliphatic carbocycles. The highest BCUT2D eigenvalue weighted by Gasteiger charge is 2.44. The van der Waals surface area contributed by atoms with Crippen molar-refractivity contribution in [1.29, 1.82) is 0 Å². The van der Waals surface area contributed by atoms with Crippen LogP contribution >= 0.6 is 0 Å². The number of methoxy groups -OCH3 is 1. The van der Waals surface area contributed by atoms with Crippen molar-refractivity contribution < 1.29 is 32.2 Å². The Morgan fingerprint density at radius 3 is 2.30 bits per heavy atom. The molecule has 1 amide bonds. The third-order valence-electron chi connectivity index (χ3n) is 6.52. The zero-order valence-electron chi connectivity index (χ0n) is 18.3. The quantitative estimate of drug-likeness (QED) is 0.523. The van der Waals surface area contributed by atoms with Gasteiger partial charge in [0.05, 0.1) is 12.7 Å². The number of Topliss-reactive ketones (excluding diaryl/α,β-unsaturated/α-hetero) is 1. The fourth-order valence-electron chi connectivity index (χ4n) is 4.95. The number of rotatable bonds is 5. The third kappa shape index (κ3) is 5.15. The van der Waals surface area contributed by atoms with E-state index < -0.39 is 23.8 Å². The van der Waals surface area contributed by atoms with Gasteiger partial charge in [-0.3, -0.25) is 4.79 Å². The lowest BCUT2D eigenvalue weighted by Gasteiger charge is -2.47. The molecule has 0 N–H and O–H groups in total. The zero-order chi connectivity index (χ0) is 23.6. The van der Waals surface area contributed by atoms with E-state index in [0.717, 1.165) is 37.0 Å². The molecule has 0 saturated carbocycles. The fourth-order valence-corrected chi connectivity index (χ4v) is 4.95. The van der Waals surface area contributed by atoms with E-state index in [1.165, 1.54) is 13.2 Å². The van der Waals surface area contributed by atoms with Crippen molar-refractivity contribution in [2.45, 2.75) is 57.0 Å². The van der Waals surface area contributed by atoms with Crippen LogP contribution in [0.5, 0.6) is 5.75 Å². The average molecular weight is 461 g/mol. The van der Waals surface area contributed by atoms with Crippen molar-refractivity contribution in [2.24, 2.45) is 5.92 Å². The summed E-state index contributed by atoms with van der Waals surface area (Å²) in [7, 11) is 1.27. The standard InChI is InChI=1S/C25H26F3NO4/c1-32-22-13-17(10-19(14-22)25(26,27)28)23(30)18-11-20-8-5-9-21(12-18)29(20)24(31)33-15-16-6-3-2-4-7-16/h2-4,6-7,10,13-14,18,20-21H,5,8-9,11-12,15H2,1H3. The Balaban J connectivity index is 1.48. The van der Waals surface area contributed by atoms with Crippen molar-refractivity contribution in [3.05, 3.63) is 65.2 Å². The van der Waals surface area contributed by atoms with Gasteiger partial charge in [-0.25, -0.2) is 4.79 Å². The number of benzene rings is 2. The maximum Gasteiger partial charge on any atom is 0.416 e. The first-order valence-corrected chi connectivity index (χ1v) is 11.1. The van der Waals surface area contributed by atoms with Crippen LogP contribution in [0.3, 0.4) is 0 Å². The molecule has 4 rings (SSSR count). The van der Waals surface area contributed by atoms with E-state index in [4.69, 9.17) is 9.47 Å². The second-order valence-electron chi connectivity index (χ2n) is 8.67. The third-order valence-corrected chi connectivity index (χ3v) is 6.52. The van der Waals surface area contributed by atoms with E-state index >= 15 is 0 Å².